The van der Waals surface area contributed by atoms with Crippen molar-refractivity contribution in [2.75, 3.05) is 0 Å². The van der Waals surface area contributed by atoms with Crippen molar-refractivity contribution in [2.45, 2.75) is 30.5 Å². The Hall–Kier alpha value is -2.30. The van der Waals surface area contributed by atoms with Gasteiger partial charge < -0.3 is 0 Å². The Morgan fingerprint density at radius 2 is 1.64 bits per heavy atom. The van der Waals surface area contributed by atoms with Crippen LogP contribution < -0.4 is 4.72 Å². The maximum absolute atomic E-state index is 12.6. The van der Waals surface area contributed by atoms with E-state index >= 15 is 0 Å². The number of halogens is 3. The number of alkyl halides is 3. The largest absolute Gasteiger partial charge is 0.416 e. The third-order valence-electron chi connectivity index (χ3n) is 3.59. The van der Waals surface area contributed by atoms with Gasteiger partial charge in [0.15, 0.2) is 0 Å². The second kappa shape index (κ2) is 7.30. The Bertz CT molecular complexity index is 865. The maximum atomic E-state index is 12.6. The molecule has 2 rings (SSSR count). The summed E-state index contributed by atoms with van der Waals surface area (Å²) in [6.07, 6.45) is 0.832. The molecular formula is C18H16F3NO2S. The molecule has 25 heavy (non-hydrogen) atoms. The van der Waals surface area contributed by atoms with Crippen molar-refractivity contribution in [3.63, 3.8) is 0 Å². The molecule has 3 nitrogen and oxygen atoms in total. The first-order valence-electron chi connectivity index (χ1n) is 7.33. The summed E-state index contributed by atoms with van der Waals surface area (Å²) < 4.78 is 65.3. The van der Waals surface area contributed by atoms with E-state index in [0.29, 0.717) is 5.56 Å². The summed E-state index contributed by atoms with van der Waals surface area (Å²) in [7, 11) is -3.85. The lowest BCUT2D eigenvalue weighted by molar-refractivity contribution is -0.137. The van der Waals surface area contributed by atoms with Gasteiger partial charge in [-0.25, -0.2) is 13.1 Å². The van der Waals surface area contributed by atoms with Crippen LogP contribution >= 0.6 is 0 Å². The molecule has 132 valence electrons. The molecule has 0 fully saturated rings. The third-order valence-corrected chi connectivity index (χ3v) is 5.08. The predicted octanol–water partition coefficient (Wildman–Crippen LogP) is 4.06. The van der Waals surface area contributed by atoms with E-state index in [9.17, 15) is 21.6 Å². The molecule has 1 unspecified atom stereocenters. The number of nitrogens with one attached hydrogen (secondary N) is 1. The molecule has 0 aliphatic heterocycles. The van der Waals surface area contributed by atoms with Crippen LogP contribution in [0, 0.1) is 19.3 Å². The van der Waals surface area contributed by atoms with Crippen molar-refractivity contribution in [2.24, 2.45) is 0 Å². The summed E-state index contributed by atoms with van der Waals surface area (Å²) in [5.74, 6) is 2.35. The van der Waals surface area contributed by atoms with E-state index in [2.05, 4.69) is 10.6 Å². The molecule has 1 atom stereocenters. The molecule has 0 aliphatic carbocycles. The van der Waals surface area contributed by atoms with Gasteiger partial charge in [-0.2, -0.15) is 13.2 Å². The highest BCUT2D eigenvalue weighted by atomic mass is 32.2. The molecule has 2 aromatic rings. The van der Waals surface area contributed by atoms with Crippen LogP contribution in [-0.4, -0.2) is 8.42 Å². The topological polar surface area (TPSA) is 46.2 Å². The molecular weight excluding hydrogens is 351 g/mol. The zero-order chi connectivity index (χ0) is 18.7. The Morgan fingerprint density at radius 1 is 1.08 bits per heavy atom. The zero-order valence-electron chi connectivity index (χ0n) is 13.3. The van der Waals surface area contributed by atoms with Crippen LogP contribution in [-0.2, 0) is 16.2 Å². The van der Waals surface area contributed by atoms with Gasteiger partial charge in [0.05, 0.1) is 16.5 Å². The number of hydrogen-bond donors (Lipinski definition) is 1. The molecule has 0 heterocycles. The van der Waals surface area contributed by atoms with E-state index in [-0.39, 0.29) is 11.3 Å². The second-order valence-electron chi connectivity index (χ2n) is 5.51. The highest BCUT2D eigenvalue weighted by molar-refractivity contribution is 7.89. The molecule has 2 aromatic carbocycles. The minimum absolute atomic E-state index is 0.0104. The fraction of sp³-hybridized carbons (Fsp3) is 0.222. The first-order chi connectivity index (χ1) is 11.6. The lowest BCUT2D eigenvalue weighted by Crippen LogP contribution is -2.28. The van der Waals surface area contributed by atoms with Gasteiger partial charge in [-0.1, -0.05) is 29.8 Å². The highest BCUT2D eigenvalue weighted by Crippen LogP contribution is 2.30. The van der Waals surface area contributed by atoms with E-state index in [4.69, 9.17) is 6.42 Å². The van der Waals surface area contributed by atoms with Crippen LogP contribution in [0.5, 0.6) is 0 Å². The predicted molar refractivity (Wildman–Crippen MR) is 89.1 cm³/mol. The fourth-order valence-electron chi connectivity index (χ4n) is 2.22. The van der Waals surface area contributed by atoms with Gasteiger partial charge in [0.25, 0.3) is 0 Å². The average Bonchev–Trinajstić information content (AvgIpc) is 2.54. The Kier molecular flexibility index (Phi) is 5.55. The number of rotatable bonds is 5. The van der Waals surface area contributed by atoms with Gasteiger partial charge in [-0.15, -0.1) is 12.3 Å². The van der Waals surface area contributed by atoms with Crippen LogP contribution in [0.4, 0.5) is 13.2 Å². The monoisotopic (exact) mass is 367 g/mol. The van der Waals surface area contributed by atoms with Crippen molar-refractivity contribution < 1.29 is 21.6 Å². The van der Waals surface area contributed by atoms with E-state index in [1.54, 1.807) is 12.1 Å². The van der Waals surface area contributed by atoms with Crippen LogP contribution in [0.25, 0.3) is 0 Å². The molecule has 0 saturated heterocycles. The van der Waals surface area contributed by atoms with Crippen LogP contribution in [0.3, 0.4) is 0 Å². The SMILES string of the molecule is C#CCC(NS(=O)(=O)c1ccc(C)cc1)c1ccc(C(F)(F)F)cc1. The minimum Gasteiger partial charge on any atom is -0.207 e. The summed E-state index contributed by atoms with van der Waals surface area (Å²) >= 11 is 0. The lowest BCUT2D eigenvalue weighted by atomic mass is 10.0. The van der Waals surface area contributed by atoms with Crippen molar-refractivity contribution >= 4 is 10.0 Å². The average molecular weight is 367 g/mol. The van der Waals surface area contributed by atoms with Crippen LogP contribution in [0.1, 0.15) is 29.2 Å². The van der Waals surface area contributed by atoms with Crippen LogP contribution in [0.15, 0.2) is 53.4 Å². The second-order valence-corrected chi connectivity index (χ2v) is 7.23. The molecule has 0 aromatic heterocycles. The first kappa shape index (κ1) is 19.0. The normalized spacial score (nSPS) is 13.2. The van der Waals surface area contributed by atoms with E-state index in [1.807, 2.05) is 6.92 Å². The maximum Gasteiger partial charge on any atom is 0.416 e. The highest BCUT2D eigenvalue weighted by Gasteiger charge is 2.30. The minimum atomic E-state index is -4.46. The first-order valence-corrected chi connectivity index (χ1v) is 8.81. The van der Waals surface area contributed by atoms with E-state index in [0.717, 1.165) is 17.7 Å². The van der Waals surface area contributed by atoms with Gasteiger partial charge in [0.1, 0.15) is 0 Å². The molecule has 1 N–H and O–H groups in total. The van der Waals surface area contributed by atoms with Gasteiger partial charge in [0, 0.05) is 6.42 Å². The van der Waals surface area contributed by atoms with Gasteiger partial charge in [-0.05, 0) is 36.8 Å². The van der Waals surface area contributed by atoms with Gasteiger partial charge >= 0.3 is 6.18 Å². The number of hydrogen-bond acceptors (Lipinski definition) is 2. The number of terminal acetylenes is 1. The third kappa shape index (κ3) is 4.84. The summed E-state index contributed by atoms with van der Waals surface area (Å²) in [5, 5.41) is 0. The van der Waals surface area contributed by atoms with Crippen LogP contribution in [0.2, 0.25) is 0 Å². The zero-order valence-corrected chi connectivity index (χ0v) is 14.2. The summed E-state index contributed by atoms with van der Waals surface area (Å²) in [5.41, 5.74) is 0.459. The summed E-state index contributed by atoms with van der Waals surface area (Å²) in [6.45, 7) is 1.83. The molecule has 0 spiro atoms. The molecule has 0 amide bonds. The van der Waals surface area contributed by atoms with E-state index < -0.39 is 27.8 Å². The molecule has 0 aliphatic rings. The van der Waals surface area contributed by atoms with Gasteiger partial charge in [-0.3, -0.25) is 0 Å². The number of benzene rings is 2. The van der Waals surface area contributed by atoms with Crippen molar-refractivity contribution in [1.29, 1.82) is 0 Å². The Labute approximate surface area is 144 Å². The number of aryl methyl sites for hydroxylation is 1. The molecule has 0 bridgehead atoms. The van der Waals surface area contributed by atoms with Gasteiger partial charge in [0.2, 0.25) is 10.0 Å². The Balaban J connectivity index is 2.29. The smallest absolute Gasteiger partial charge is 0.207 e. The lowest BCUT2D eigenvalue weighted by Gasteiger charge is -2.18. The molecule has 7 heteroatoms. The molecule has 0 radical (unpaired) electrons. The van der Waals surface area contributed by atoms with Crippen molar-refractivity contribution in [3.8, 4) is 12.3 Å². The van der Waals surface area contributed by atoms with Crippen molar-refractivity contribution in [3.05, 3.63) is 65.2 Å². The summed E-state index contributed by atoms with van der Waals surface area (Å²) in [6, 6.07) is 9.65. The number of sulfonamides is 1. The standard InChI is InChI=1S/C18H16F3NO2S/c1-3-4-17(14-7-9-15(10-8-14)18(19,20)21)22-25(23,24)16-11-5-13(2)6-12-16/h1,5-12,17,22H,4H2,2H3. The quantitative estimate of drug-likeness (QED) is 0.810. The Morgan fingerprint density at radius 3 is 2.12 bits per heavy atom. The van der Waals surface area contributed by atoms with E-state index in [1.165, 1.54) is 24.3 Å². The molecule has 0 saturated carbocycles. The van der Waals surface area contributed by atoms with Crippen molar-refractivity contribution in [1.82, 2.24) is 4.72 Å². The summed E-state index contributed by atoms with van der Waals surface area (Å²) in [4.78, 5) is 0.0621. The fourth-order valence-corrected chi connectivity index (χ4v) is 3.45.